The van der Waals surface area contributed by atoms with Crippen LogP contribution in [0.2, 0.25) is 0 Å². The lowest BCUT2D eigenvalue weighted by Gasteiger charge is -2.25. The van der Waals surface area contributed by atoms with Crippen molar-refractivity contribution in [2.24, 2.45) is 10.9 Å². The number of hydrogen-bond acceptors (Lipinski definition) is 3. The van der Waals surface area contributed by atoms with Gasteiger partial charge in [0, 0.05) is 46.4 Å². The summed E-state index contributed by atoms with van der Waals surface area (Å²) < 4.78 is 5.56. The van der Waals surface area contributed by atoms with Crippen LogP contribution in [-0.4, -0.2) is 74.7 Å². The van der Waals surface area contributed by atoms with Gasteiger partial charge in [0.15, 0.2) is 5.96 Å². The Balaban J connectivity index is 4.35. The van der Waals surface area contributed by atoms with E-state index in [1.807, 2.05) is 37.6 Å². The second-order valence-electron chi connectivity index (χ2n) is 5.98. The van der Waals surface area contributed by atoms with Crippen molar-refractivity contribution in [2.45, 2.75) is 41.0 Å². The van der Waals surface area contributed by atoms with E-state index >= 15 is 0 Å². The Hall–Kier alpha value is -1.30. The van der Waals surface area contributed by atoms with Crippen LogP contribution in [0.1, 0.15) is 41.0 Å². The molecule has 0 bridgehead atoms. The van der Waals surface area contributed by atoms with E-state index in [-0.39, 0.29) is 5.91 Å². The Morgan fingerprint density at radius 2 is 1.87 bits per heavy atom. The summed E-state index contributed by atoms with van der Waals surface area (Å²) in [7, 11) is 1.90. The third-order valence-electron chi connectivity index (χ3n) is 3.34. The van der Waals surface area contributed by atoms with Gasteiger partial charge in [-0.05, 0) is 33.1 Å². The summed E-state index contributed by atoms with van der Waals surface area (Å²) in [5.41, 5.74) is 0. The van der Waals surface area contributed by atoms with Crippen molar-refractivity contribution in [1.82, 2.24) is 15.1 Å². The number of hydrogen-bond donors (Lipinski definition) is 1. The summed E-state index contributed by atoms with van der Waals surface area (Å²) in [6.07, 6.45) is 0.888. The lowest BCUT2D eigenvalue weighted by molar-refractivity contribution is -0.131. The lowest BCUT2D eigenvalue weighted by Crippen LogP contribution is -2.45. The van der Waals surface area contributed by atoms with Crippen LogP contribution in [0.4, 0.5) is 0 Å². The average molecular weight is 329 g/mol. The summed E-state index contributed by atoms with van der Waals surface area (Å²) in [5, 5.41) is 3.24. The van der Waals surface area contributed by atoms with Crippen LogP contribution < -0.4 is 5.32 Å². The van der Waals surface area contributed by atoms with E-state index in [0.717, 1.165) is 45.2 Å². The van der Waals surface area contributed by atoms with Gasteiger partial charge in [-0.3, -0.25) is 9.79 Å². The molecule has 0 saturated carbocycles. The van der Waals surface area contributed by atoms with Crippen molar-refractivity contribution in [3.05, 3.63) is 0 Å². The molecule has 0 unspecified atom stereocenters. The van der Waals surface area contributed by atoms with E-state index in [1.54, 1.807) is 0 Å². The van der Waals surface area contributed by atoms with Gasteiger partial charge in [0.05, 0.1) is 6.54 Å². The van der Waals surface area contributed by atoms with Crippen molar-refractivity contribution in [2.75, 3.05) is 53.0 Å². The Morgan fingerprint density at radius 3 is 2.39 bits per heavy atom. The molecule has 1 amide bonds. The highest BCUT2D eigenvalue weighted by Gasteiger charge is 2.14. The Kier molecular flexibility index (Phi) is 12.4. The number of amides is 1. The summed E-state index contributed by atoms with van der Waals surface area (Å²) >= 11 is 0. The Morgan fingerprint density at radius 1 is 1.22 bits per heavy atom. The van der Waals surface area contributed by atoms with Gasteiger partial charge >= 0.3 is 0 Å². The molecule has 0 atom stereocenters. The largest absolute Gasteiger partial charge is 0.381 e. The standard InChI is InChI=1S/C17H36N4O2/c1-7-18-17(19-11-10-12-23-14-15(4)5)20(6)13-16(22)21(8-2)9-3/h15H,7-14H2,1-6H3,(H,18,19). The molecule has 0 aliphatic rings. The minimum absolute atomic E-state index is 0.128. The molecule has 0 aliphatic heterocycles. The summed E-state index contributed by atoms with van der Waals surface area (Å²) in [4.78, 5) is 20.5. The van der Waals surface area contributed by atoms with Crippen LogP contribution in [0.15, 0.2) is 4.99 Å². The first kappa shape index (κ1) is 21.7. The summed E-state index contributed by atoms with van der Waals surface area (Å²) in [5.74, 6) is 1.47. The molecule has 0 rings (SSSR count). The monoisotopic (exact) mass is 328 g/mol. The number of nitrogens with one attached hydrogen (secondary N) is 1. The van der Waals surface area contributed by atoms with Crippen molar-refractivity contribution in [3.8, 4) is 0 Å². The van der Waals surface area contributed by atoms with E-state index in [4.69, 9.17) is 4.74 Å². The number of aliphatic imine (C=N–C) groups is 1. The van der Waals surface area contributed by atoms with Gasteiger partial charge in [0.2, 0.25) is 5.91 Å². The zero-order valence-corrected chi connectivity index (χ0v) is 15.9. The first-order valence-corrected chi connectivity index (χ1v) is 8.81. The highest BCUT2D eigenvalue weighted by Crippen LogP contribution is 1.96. The van der Waals surface area contributed by atoms with Crippen LogP contribution in [0.25, 0.3) is 0 Å². The van der Waals surface area contributed by atoms with Gasteiger partial charge in [0.1, 0.15) is 0 Å². The Bertz CT molecular complexity index is 341. The molecule has 0 aromatic rings. The fourth-order valence-corrected chi connectivity index (χ4v) is 2.09. The van der Waals surface area contributed by atoms with Gasteiger partial charge in [-0.1, -0.05) is 13.8 Å². The number of rotatable bonds is 11. The number of guanidine groups is 1. The van der Waals surface area contributed by atoms with Gasteiger partial charge in [0.25, 0.3) is 0 Å². The smallest absolute Gasteiger partial charge is 0.242 e. The van der Waals surface area contributed by atoms with Gasteiger partial charge in [-0.25, -0.2) is 0 Å². The number of carbonyl (C=O) groups is 1. The molecule has 6 nitrogen and oxygen atoms in total. The number of carbonyl (C=O) groups excluding carboxylic acids is 1. The molecule has 0 fully saturated rings. The maximum atomic E-state index is 12.2. The maximum absolute atomic E-state index is 12.2. The molecule has 0 heterocycles. The number of likely N-dealkylation sites (N-methyl/N-ethyl adjacent to an activating group) is 2. The number of nitrogens with zero attached hydrogens (tertiary/aromatic N) is 3. The molecule has 6 heteroatoms. The molecule has 0 aromatic carbocycles. The van der Waals surface area contributed by atoms with Crippen molar-refractivity contribution in [1.29, 1.82) is 0 Å². The third kappa shape index (κ3) is 10.2. The predicted octanol–water partition coefficient (Wildman–Crippen LogP) is 1.81. The highest BCUT2D eigenvalue weighted by molar-refractivity contribution is 5.86. The van der Waals surface area contributed by atoms with Gasteiger partial charge in [-0.15, -0.1) is 0 Å². The zero-order valence-electron chi connectivity index (χ0n) is 15.9. The zero-order chi connectivity index (χ0) is 17.7. The van der Waals surface area contributed by atoms with Gasteiger partial charge in [-0.2, -0.15) is 0 Å². The minimum Gasteiger partial charge on any atom is -0.381 e. The first-order chi connectivity index (χ1) is 11.0. The fraction of sp³-hybridized carbons (Fsp3) is 0.882. The first-order valence-electron chi connectivity index (χ1n) is 8.81. The van der Waals surface area contributed by atoms with Crippen molar-refractivity contribution >= 4 is 11.9 Å². The number of ether oxygens (including phenoxy) is 1. The molecule has 0 spiro atoms. The predicted molar refractivity (Wildman–Crippen MR) is 96.8 cm³/mol. The molecule has 0 saturated heterocycles. The van der Waals surface area contributed by atoms with Crippen molar-refractivity contribution < 1.29 is 9.53 Å². The van der Waals surface area contributed by atoms with Crippen LogP contribution in [-0.2, 0) is 9.53 Å². The molecule has 136 valence electrons. The molecule has 23 heavy (non-hydrogen) atoms. The summed E-state index contributed by atoms with van der Waals surface area (Å²) in [6, 6.07) is 0. The van der Waals surface area contributed by atoms with Crippen LogP contribution in [0, 0.1) is 5.92 Å². The van der Waals surface area contributed by atoms with E-state index < -0.39 is 0 Å². The second-order valence-corrected chi connectivity index (χ2v) is 5.98. The lowest BCUT2D eigenvalue weighted by atomic mass is 10.2. The average Bonchev–Trinajstić information content (AvgIpc) is 2.50. The van der Waals surface area contributed by atoms with Crippen LogP contribution in [0.3, 0.4) is 0 Å². The van der Waals surface area contributed by atoms with E-state index in [0.29, 0.717) is 19.0 Å². The quantitative estimate of drug-likeness (QED) is 0.357. The topological polar surface area (TPSA) is 57.2 Å². The maximum Gasteiger partial charge on any atom is 0.242 e. The molecular weight excluding hydrogens is 292 g/mol. The van der Waals surface area contributed by atoms with E-state index in [1.165, 1.54) is 0 Å². The molecule has 0 aliphatic carbocycles. The highest BCUT2D eigenvalue weighted by atomic mass is 16.5. The second kappa shape index (κ2) is 13.2. The normalized spacial score (nSPS) is 11.7. The summed E-state index contributed by atoms with van der Waals surface area (Å²) in [6.45, 7) is 15.1. The Labute approximate surface area is 142 Å². The molecule has 0 radical (unpaired) electrons. The van der Waals surface area contributed by atoms with Crippen molar-refractivity contribution in [3.63, 3.8) is 0 Å². The molecular formula is C17H36N4O2. The molecule has 0 aromatic heterocycles. The fourth-order valence-electron chi connectivity index (χ4n) is 2.09. The molecule has 1 N–H and O–H groups in total. The van der Waals surface area contributed by atoms with Crippen LogP contribution >= 0.6 is 0 Å². The van der Waals surface area contributed by atoms with E-state index in [9.17, 15) is 4.79 Å². The van der Waals surface area contributed by atoms with Crippen LogP contribution in [0.5, 0.6) is 0 Å². The SMILES string of the molecule is CCNC(=NCCCOCC(C)C)N(C)CC(=O)N(CC)CC. The van der Waals surface area contributed by atoms with Gasteiger partial charge < -0.3 is 19.9 Å². The minimum atomic E-state index is 0.128. The van der Waals surface area contributed by atoms with E-state index in [2.05, 4.69) is 24.2 Å². The third-order valence-corrected chi connectivity index (χ3v) is 3.34.